The summed E-state index contributed by atoms with van der Waals surface area (Å²) in [4.78, 5) is 22.9. The summed E-state index contributed by atoms with van der Waals surface area (Å²) in [5.41, 5.74) is 0.770. The van der Waals surface area contributed by atoms with Crippen LogP contribution in [-0.2, 0) is 14.8 Å². The number of nitrogens with one attached hydrogen (secondary N) is 2. The summed E-state index contributed by atoms with van der Waals surface area (Å²) in [6.45, 7) is 2.74. The van der Waals surface area contributed by atoms with E-state index in [0.717, 1.165) is 6.42 Å². The summed E-state index contributed by atoms with van der Waals surface area (Å²) >= 11 is 6.18. The summed E-state index contributed by atoms with van der Waals surface area (Å²) in [6.07, 6.45) is 2.06. The Morgan fingerprint density at radius 3 is 2.56 bits per heavy atom. The van der Waals surface area contributed by atoms with Crippen molar-refractivity contribution >= 4 is 39.1 Å². The van der Waals surface area contributed by atoms with Gasteiger partial charge in [0.25, 0.3) is 5.91 Å². The fourth-order valence-electron chi connectivity index (χ4n) is 2.57. The van der Waals surface area contributed by atoms with E-state index in [1.165, 1.54) is 23.4 Å². The Morgan fingerprint density at radius 2 is 1.92 bits per heavy atom. The third-order valence-electron chi connectivity index (χ3n) is 3.85. The maximum absolute atomic E-state index is 12.2. The van der Waals surface area contributed by atoms with E-state index in [-0.39, 0.29) is 22.6 Å². The van der Waals surface area contributed by atoms with E-state index in [9.17, 15) is 18.0 Å². The van der Waals surface area contributed by atoms with E-state index >= 15 is 0 Å². The number of sulfonamides is 1. The number of carbonyl (C=O) groups excluding carboxylic acids is 2. The molecule has 9 heteroatoms. The maximum atomic E-state index is 12.2. The lowest BCUT2D eigenvalue weighted by Gasteiger charge is -2.28. The van der Waals surface area contributed by atoms with Crippen LogP contribution in [0.1, 0.15) is 36.5 Å². The smallest absolute Gasteiger partial charge is 0.252 e. The highest BCUT2D eigenvalue weighted by Gasteiger charge is 2.26. The number of halogens is 1. The average Bonchev–Trinajstić information content (AvgIpc) is 2.53. The van der Waals surface area contributed by atoms with Crippen molar-refractivity contribution in [3.8, 4) is 0 Å². The summed E-state index contributed by atoms with van der Waals surface area (Å²) in [5, 5.41) is 5.57. The van der Waals surface area contributed by atoms with Crippen molar-refractivity contribution in [1.29, 1.82) is 0 Å². The van der Waals surface area contributed by atoms with E-state index < -0.39 is 10.0 Å². The Morgan fingerprint density at radius 1 is 1.20 bits per heavy atom. The van der Waals surface area contributed by atoms with Gasteiger partial charge >= 0.3 is 0 Å². The highest BCUT2D eigenvalue weighted by atomic mass is 35.5. The molecule has 0 spiro atoms. The molecule has 2 rings (SSSR count). The van der Waals surface area contributed by atoms with E-state index in [0.29, 0.717) is 43.7 Å². The van der Waals surface area contributed by atoms with E-state index in [1.807, 2.05) is 0 Å². The number of hydrogen-bond donors (Lipinski definition) is 2. The number of amides is 2. The zero-order valence-corrected chi connectivity index (χ0v) is 15.6. The molecule has 1 aliphatic rings. The molecular formula is C16H22ClN3O4S. The van der Waals surface area contributed by atoms with Gasteiger partial charge in [-0.15, -0.1) is 0 Å². The number of hydrogen-bond acceptors (Lipinski definition) is 4. The van der Waals surface area contributed by atoms with Crippen LogP contribution in [0.25, 0.3) is 0 Å². The molecule has 2 N–H and O–H groups in total. The summed E-state index contributed by atoms with van der Waals surface area (Å²) in [7, 11) is -3.31. The van der Waals surface area contributed by atoms with Gasteiger partial charge in [-0.1, -0.05) is 11.6 Å². The van der Waals surface area contributed by atoms with Gasteiger partial charge in [0.1, 0.15) is 0 Å². The van der Waals surface area contributed by atoms with Gasteiger partial charge in [-0.2, -0.15) is 0 Å². The monoisotopic (exact) mass is 387 g/mol. The minimum absolute atomic E-state index is 0.113. The van der Waals surface area contributed by atoms with E-state index in [4.69, 9.17) is 11.6 Å². The normalized spacial score (nSPS) is 16.3. The van der Waals surface area contributed by atoms with Gasteiger partial charge in [-0.05, 0) is 37.5 Å². The molecule has 0 radical (unpaired) electrons. The quantitative estimate of drug-likeness (QED) is 0.723. The van der Waals surface area contributed by atoms with Crippen LogP contribution in [0.5, 0.6) is 0 Å². The van der Waals surface area contributed by atoms with Gasteiger partial charge in [-0.3, -0.25) is 13.9 Å². The molecule has 0 unspecified atom stereocenters. The number of benzene rings is 1. The Bertz CT molecular complexity index is 752. The fourth-order valence-corrected chi connectivity index (χ4v) is 4.46. The SMILES string of the molecule is CC(=O)NCCCNC(=O)c1ccc(N2CCCCS2(=O)=O)cc1Cl. The maximum Gasteiger partial charge on any atom is 0.252 e. The lowest BCUT2D eigenvalue weighted by atomic mass is 10.2. The zero-order valence-electron chi connectivity index (χ0n) is 14.0. The Balaban J connectivity index is 1.99. The first-order chi connectivity index (χ1) is 11.8. The standard InChI is InChI=1S/C16H22ClN3O4S/c1-12(21)18-7-4-8-19-16(22)14-6-5-13(11-15(14)17)20-9-2-3-10-25(20,23)24/h5-6,11H,2-4,7-10H2,1H3,(H,18,21)(H,19,22). The van der Waals surface area contributed by atoms with Gasteiger partial charge in [-0.25, -0.2) is 8.42 Å². The molecule has 2 amide bonds. The Hall–Kier alpha value is -1.80. The second-order valence-electron chi connectivity index (χ2n) is 5.85. The van der Waals surface area contributed by atoms with Crippen molar-refractivity contribution in [1.82, 2.24) is 10.6 Å². The molecule has 25 heavy (non-hydrogen) atoms. The van der Waals surface area contributed by atoms with Crippen LogP contribution in [0.2, 0.25) is 5.02 Å². The molecular weight excluding hydrogens is 366 g/mol. The molecule has 0 aliphatic carbocycles. The average molecular weight is 388 g/mol. The van der Waals surface area contributed by atoms with Crippen LogP contribution in [0.3, 0.4) is 0 Å². The summed E-state index contributed by atoms with van der Waals surface area (Å²) < 4.78 is 25.6. The Kier molecular flexibility index (Phi) is 6.66. The molecule has 1 aromatic rings. The topological polar surface area (TPSA) is 95.6 Å². The molecule has 138 valence electrons. The van der Waals surface area contributed by atoms with Crippen molar-refractivity contribution in [2.45, 2.75) is 26.2 Å². The van der Waals surface area contributed by atoms with Crippen LogP contribution in [-0.4, -0.2) is 45.6 Å². The molecule has 1 heterocycles. The van der Waals surface area contributed by atoms with Crippen LogP contribution in [0.4, 0.5) is 5.69 Å². The first-order valence-electron chi connectivity index (χ1n) is 8.14. The van der Waals surface area contributed by atoms with Crippen molar-refractivity contribution in [3.05, 3.63) is 28.8 Å². The molecule has 1 fully saturated rings. The van der Waals surface area contributed by atoms with Crippen molar-refractivity contribution in [3.63, 3.8) is 0 Å². The molecule has 0 atom stereocenters. The molecule has 0 aromatic heterocycles. The number of nitrogens with zero attached hydrogens (tertiary/aromatic N) is 1. The minimum atomic E-state index is -3.31. The van der Waals surface area contributed by atoms with Crippen molar-refractivity contribution < 1.29 is 18.0 Å². The number of carbonyl (C=O) groups is 2. The van der Waals surface area contributed by atoms with Gasteiger partial charge in [0.15, 0.2) is 0 Å². The van der Waals surface area contributed by atoms with Crippen molar-refractivity contribution in [2.75, 3.05) is 29.7 Å². The minimum Gasteiger partial charge on any atom is -0.356 e. The van der Waals surface area contributed by atoms with Crippen LogP contribution >= 0.6 is 11.6 Å². The van der Waals surface area contributed by atoms with Crippen LogP contribution < -0.4 is 14.9 Å². The molecule has 7 nitrogen and oxygen atoms in total. The van der Waals surface area contributed by atoms with Crippen LogP contribution in [0, 0.1) is 0 Å². The molecule has 1 aliphatic heterocycles. The van der Waals surface area contributed by atoms with Gasteiger partial charge in [0.05, 0.1) is 22.0 Å². The van der Waals surface area contributed by atoms with Gasteiger partial charge < -0.3 is 10.6 Å². The predicted octanol–water partition coefficient (Wildman–Crippen LogP) is 1.53. The summed E-state index contributed by atoms with van der Waals surface area (Å²) in [5.74, 6) is -0.320. The third kappa shape index (κ3) is 5.34. The number of rotatable bonds is 6. The van der Waals surface area contributed by atoms with E-state index in [1.54, 1.807) is 6.07 Å². The lowest BCUT2D eigenvalue weighted by molar-refractivity contribution is -0.118. The molecule has 1 aromatic carbocycles. The van der Waals surface area contributed by atoms with Gasteiger partial charge in [0, 0.05) is 26.6 Å². The predicted molar refractivity (Wildman–Crippen MR) is 97.5 cm³/mol. The van der Waals surface area contributed by atoms with E-state index in [2.05, 4.69) is 10.6 Å². The first kappa shape index (κ1) is 19.5. The second kappa shape index (κ2) is 8.53. The second-order valence-corrected chi connectivity index (χ2v) is 8.27. The highest BCUT2D eigenvalue weighted by Crippen LogP contribution is 2.28. The van der Waals surface area contributed by atoms with Crippen LogP contribution in [0.15, 0.2) is 18.2 Å². The summed E-state index contributed by atoms with van der Waals surface area (Å²) in [6, 6.07) is 4.64. The molecule has 0 bridgehead atoms. The number of anilines is 1. The van der Waals surface area contributed by atoms with Gasteiger partial charge in [0.2, 0.25) is 15.9 Å². The van der Waals surface area contributed by atoms with Crippen molar-refractivity contribution in [2.24, 2.45) is 0 Å². The zero-order chi connectivity index (χ0) is 18.4. The fraction of sp³-hybridized carbons (Fsp3) is 0.500. The largest absolute Gasteiger partial charge is 0.356 e. The third-order valence-corrected chi connectivity index (χ3v) is 6.03. The first-order valence-corrected chi connectivity index (χ1v) is 10.1. The molecule has 0 saturated carbocycles. The Labute approximate surface area is 152 Å². The lowest BCUT2D eigenvalue weighted by Crippen LogP contribution is -2.37. The highest BCUT2D eigenvalue weighted by molar-refractivity contribution is 7.92. The molecule has 1 saturated heterocycles.